The molecule has 6 nitrogen and oxygen atoms in total. The number of carbonyl (C=O) groups is 2. The molecule has 2 heterocycles. The second-order valence-electron chi connectivity index (χ2n) is 9.42. The van der Waals surface area contributed by atoms with Crippen LogP contribution < -0.4 is 5.73 Å². The van der Waals surface area contributed by atoms with Crippen LogP contribution in [0.2, 0.25) is 0 Å². The molecule has 31 heavy (non-hydrogen) atoms. The lowest BCUT2D eigenvalue weighted by atomic mass is 9.84. The molecule has 1 aromatic carbocycles. The minimum atomic E-state index is -0.950. The number of nitrogens with zero attached hydrogens (tertiary/aromatic N) is 2. The van der Waals surface area contributed by atoms with Gasteiger partial charge in [-0.1, -0.05) is 38.8 Å². The summed E-state index contributed by atoms with van der Waals surface area (Å²) < 4.78 is 0. The Bertz CT molecular complexity index is 748. The van der Waals surface area contributed by atoms with Gasteiger partial charge >= 0.3 is 0 Å². The molecule has 2 aliphatic rings. The van der Waals surface area contributed by atoms with Crippen LogP contribution in [-0.4, -0.2) is 64.5 Å². The highest BCUT2D eigenvalue weighted by molar-refractivity contribution is 5.92. The molecule has 0 spiro atoms. The molecule has 0 aliphatic carbocycles. The van der Waals surface area contributed by atoms with E-state index in [1.54, 1.807) is 13.0 Å². The second kappa shape index (κ2) is 10.6. The minimum absolute atomic E-state index is 0.155. The van der Waals surface area contributed by atoms with Gasteiger partial charge in [0.25, 0.3) is 5.91 Å². The van der Waals surface area contributed by atoms with Crippen molar-refractivity contribution in [2.75, 3.05) is 19.6 Å². The van der Waals surface area contributed by atoms with E-state index in [2.05, 4.69) is 24.8 Å². The normalized spacial score (nSPS) is 24.4. The van der Waals surface area contributed by atoms with Crippen LogP contribution in [0.15, 0.2) is 24.3 Å². The largest absolute Gasteiger partial charge is 0.384 e. The molecule has 1 aromatic rings. The van der Waals surface area contributed by atoms with Gasteiger partial charge in [-0.05, 0) is 62.1 Å². The van der Waals surface area contributed by atoms with E-state index in [-0.39, 0.29) is 11.8 Å². The van der Waals surface area contributed by atoms with Crippen LogP contribution in [0.3, 0.4) is 0 Å². The zero-order valence-electron chi connectivity index (χ0n) is 19.3. The molecule has 2 fully saturated rings. The van der Waals surface area contributed by atoms with E-state index >= 15 is 0 Å². The number of rotatable bonds is 10. The first-order chi connectivity index (χ1) is 14.8. The van der Waals surface area contributed by atoms with Crippen LogP contribution in [0, 0.1) is 5.92 Å². The summed E-state index contributed by atoms with van der Waals surface area (Å²) in [6.07, 6.45) is 5.67. The molecule has 2 amide bonds. The first-order valence-corrected chi connectivity index (χ1v) is 12.0. The van der Waals surface area contributed by atoms with Crippen LogP contribution in [0.5, 0.6) is 0 Å². The summed E-state index contributed by atoms with van der Waals surface area (Å²) in [6.45, 7) is 8.16. The highest BCUT2D eigenvalue weighted by atomic mass is 16.3. The van der Waals surface area contributed by atoms with Crippen LogP contribution in [0.1, 0.15) is 81.1 Å². The summed E-state index contributed by atoms with van der Waals surface area (Å²) in [7, 11) is 0. The Morgan fingerprint density at radius 1 is 1.19 bits per heavy atom. The number of fused-ring (bicyclic) bond motifs is 2. The fourth-order valence-corrected chi connectivity index (χ4v) is 5.51. The van der Waals surface area contributed by atoms with Crippen LogP contribution >= 0.6 is 0 Å². The molecule has 2 saturated heterocycles. The van der Waals surface area contributed by atoms with E-state index in [1.807, 2.05) is 17.0 Å². The number of primary amides is 1. The Morgan fingerprint density at radius 3 is 2.39 bits per heavy atom. The standard InChI is InChI=1S/C25H39N3O3/c1-4-18(5-2)16-27(25(31)17(3)29)11-12-28-22-9-10-23(28)15-21(14-22)19-7-6-8-20(13-19)24(26)30/h6-8,13,17-18,21-23,29H,4-5,9-12,14-16H2,1-3H3,(H2,26,30)/t17-,22-,23-/m1/s1. The number of benzene rings is 1. The number of hydrogen-bond acceptors (Lipinski definition) is 4. The summed E-state index contributed by atoms with van der Waals surface area (Å²) >= 11 is 0. The molecule has 0 radical (unpaired) electrons. The summed E-state index contributed by atoms with van der Waals surface area (Å²) in [4.78, 5) is 28.6. The Labute approximate surface area is 186 Å². The van der Waals surface area contributed by atoms with Gasteiger partial charge in [-0.25, -0.2) is 0 Å². The Kier molecular flexibility index (Phi) is 8.11. The third-order valence-electron chi connectivity index (χ3n) is 7.46. The molecule has 6 heteroatoms. The lowest BCUT2D eigenvalue weighted by molar-refractivity contribution is -0.140. The second-order valence-corrected chi connectivity index (χ2v) is 9.42. The maximum Gasteiger partial charge on any atom is 0.251 e. The fourth-order valence-electron chi connectivity index (χ4n) is 5.51. The number of hydrogen-bond donors (Lipinski definition) is 2. The molecule has 3 rings (SSSR count). The van der Waals surface area contributed by atoms with Gasteiger partial charge in [0.2, 0.25) is 5.91 Å². The van der Waals surface area contributed by atoms with Gasteiger partial charge in [-0.3, -0.25) is 14.5 Å². The van der Waals surface area contributed by atoms with E-state index in [0.717, 1.165) is 38.8 Å². The maximum absolute atomic E-state index is 12.6. The van der Waals surface area contributed by atoms with Crippen LogP contribution in [-0.2, 0) is 4.79 Å². The quantitative estimate of drug-likeness (QED) is 0.598. The van der Waals surface area contributed by atoms with Gasteiger partial charge in [0, 0.05) is 37.3 Å². The van der Waals surface area contributed by atoms with Gasteiger partial charge < -0.3 is 15.7 Å². The fraction of sp³-hybridized carbons (Fsp3) is 0.680. The molecule has 172 valence electrons. The molecule has 0 aromatic heterocycles. The third kappa shape index (κ3) is 5.66. The summed E-state index contributed by atoms with van der Waals surface area (Å²) in [6, 6.07) is 8.81. The lowest BCUT2D eigenvalue weighted by Crippen LogP contribution is -2.49. The van der Waals surface area contributed by atoms with Crippen molar-refractivity contribution in [3.05, 3.63) is 35.4 Å². The van der Waals surface area contributed by atoms with E-state index in [4.69, 9.17) is 5.73 Å². The smallest absolute Gasteiger partial charge is 0.251 e. The van der Waals surface area contributed by atoms with Crippen molar-refractivity contribution >= 4 is 11.8 Å². The average molecular weight is 430 g/mol. The molecule has 3 atom stereocenters. The van der Waals surface area contributed by atoms with Gasteiger partial charge in [0.05, 0.1) is 0 Å². The number of aliphatic hydroxyl groups is 1. The van der Waals surface area contributed by atoms with Crippen molar-refractivity contribution in [1.29, 1.82) is 0 Å². The Balaban J connectivity index is 1.64. The van der Waals surface area contributed by atoms with Crippen molar-refractivity contribution < 1.29 is 14.7 Å². The first-order valence-electron chi connectivity index (χ1n) is 12.0. The molecule has 2 aliphatic heterocycles. The van der Waals surface area contributed by atoms with E-state index < -0.39 is 6.10 Å². The zero-order valence-corrected chi connectivity index (χ0v) is 19.3. The van der Waals surface area contributed by atoms with Crippen molar-refractivity contribution in [3.63, 3.8) is 0 Å². The monoisotopic (exact) mass is 429 g/mol. The van der Waals surface area contributed by atoms with Gasteiger partial charge in [0.15, 0.2) is 0 Å². The Morgan fingerprint density at radius 2 is 1.84 bits per heavy atom. The summed E-state index contributed by atoms with van der Waals surface area (Å²) in [5, 5.41) is 9.89. The average Bonchev–Trinajstić information content (AvgIpc) is 3.00. The number of amides is 2. The highest BCUT2D eigenvalue weighted by Gasteiger charge is 2.41. The maximum atomic E-state index is 12.6. The van der Waals surface area contributed by atoms with Gasteiger partial charge in [0.1, 0.15) is 6.10 Å². The Hall–Kier alpha value is -1.92. The van der Waals surface area contributed by atoms with Crippen molar-refractivity contribution in [2.45, 2.75) is 83.4 Å². The minimum Gasteiger partial charge on any atom is -0.384 e. The number of piperidine rings is 1. The zero-order chi connectivity index (χ0) is 22.5. The van der Waals surface area contributed by atoms with Crippen LogP contribution in [0.4, 0.5) is 0 Å². The number of aliphatic hydroxyl groups excluding tert-OH is 1. The molecular formula is C25H39N3O3. The molecule has 2 bridgehead atoms. The van der Waals surface area contributed by atoms with Gasteiger partial charge in [-0.15, -0.1) is 0 Å². The number of carbonyl (C=O) groups excluding carboxylic acids is 2. The molecule has 0 unspecified atom stereocenters. The predicted molar refractivity (Wildman–Crippen MR) is 123 cm³/mol. The molecule has 0 saturated carbocycles. The first kappa shape index (κ1) is 23.7. The third-order valence-corrected chi connectivity index (χ3v) is 7.46. The summed E-state index contributed by atoms with van der Waals surface area (Å²) in [5.74, 6) is 0.399. The highest BCUT2D eigenvalue weighted by Crippen LogP contribution is 2.43. The number of nitrogens with two attached hydrogens (primary N) is 1. The van der Waals surface area contributed by atoms with Crippen molar-refractivity contribution in [1.82, 2.24) is 9.80 Å². The van der Waals surface area contributed by atoms with E-state index in [1.165, 1.54) is 18.4 Å². The lowest BCUT2D eigenvalue weighted by Gasteiger charge is -2.40. The van der Waals surface area contributed by atoms with Crippen molar-refractivity contribution in [3.8, 4) is 0 Å². The summed E-state index contributed by atoms with van der Waals surface area (Å²) in [5.41, 5.74) is 7.27. The SMILES string of the molecule is CCC(CC)CN(CCN1[C@@H]2CC[C@@H]1CC(c1cccc(C(N)=O)c1)C2)C(=O)[C@@H](C)O. The molecular weight excluding hydrogens is 390 g/mol. The molecule has 3 N–H and O–H groups in total. The predicted octanol–water partition coefficient (Wildman–Crippen LogP) is 3.14. The van der Waals surface area contributed by atoms with E-state index in [9.17, 15) is 14.7 Å². The van der Waals surface area contributed by atoms with Crippen molar-refractivity contribution in [2.24, 2.45) is 11.7 Å². The van der Waals surface area contributed by atoms with E-state index in [0.29, 0.717) is 36.0 Å². The van der Waals surface area contributed by atoms with Crippen LogP contribution in [0.25, 0.3) is 0 Å². The van der Waals surface area contributed by atoms with Gasteiger partial charge in [-0.2, -0.15) is 0 Å². The topological polar surface area (TPSA) is 86.9 Å².